The predicted molar refractivity (Wildman–Crippen MR) is 73.4 cm³/mol. The normalized spacial score (nSPS) is 26.3. The number of ether oxygens (including phenoxy) is 1. The Kier molecular flexibility index (Phi) is 6.07. The van der Waals surface area contributed by atoms with Crippen LogP contribution in [0.15, 0.2) is 0 Å². The second-order valence-electron chi connectivity index (χ2n) is 5.52. The zero-order valence-electron chi connectivity index (χ0n) is 12.2. The van der Waals surface area contributed by atoms with E-state index in [4.69, 9.17) is 4.74 Å². The molecule has 0 amide bonds. The molecule has 0 saturated carbocycles. The fraction of sp³-hybridized carbons (Fsp3) is 0.929. The molecular formula is C14H27N3O. The number of hydrogen-bond donors (Lipinski definition) is 1. The van der Waals surface area contributed by atoms with Gasteiger partial charge in [0, 0.05) is 19.7 Å². The predicted octanol–water partition coefficient (Wildman–Crippen LogP) is 1.77. The molecule has 0 aromatic rings. The Bertz CT molecular complexity index is 289. The van der Waals surface area contributed by atoms with Crippen LogP contribution in [0.25, 0.3) is 0 Å². The van der Waals surface area contributed by atoms with E-state index in [1.54, 1.807) is 7.11 Å². The summed E-state index contributed by atoms with van der Waals surface area (Å²) in [4.78, 5) is 2.45. The summed E-state index contributed by atoms with van der Waals surface area (Å²) in [6.45, 7) is 9.19. The van der Waals surface area contributed by atoms with Gasteiger partial charge in [0.2, 0.25) is 0 Å². The lowest BCUT2D eigenvalue weighted by Gasteiger charge is -2.38. The summed E-state index contributed by atoms with van der Waals surface area (Å²) in [5.41, 5.74) is -0.422. The van der Waals surface area contributed by atoms with Gasteiger partial charge in [0.15, 0.2) is 0 Å². The first-order chi connectivity index (χ1) is 8.54. The molecule has 18 heavy (non-hydrogen) atoms. The van der Waals surface area contributed by atoms with Crippen LogP contribution in [-0.4, -0.2) is 49.3 Å². The van der Waals surface area contributed by atoms with Crippen LogP contribution in [0.2, 0.25) is 0 Å². The van der Waals surface area contributed by atoms with Crippen LogP contribution in [0.1, 0.15) is 40.0 Å². The van der Waals surface area contributed by atoms with Crippen molar-refractivity contribution in [2.45, 2.75) is 57.7 Å². The number of nitrogens with zero attached hydrogens (tertiary/aromatic N) is 2. The molecule has 0 aromatic heterocycles. The maximum absolute atomic E-state index is 9.31. The average Bonchev–Trinajstić information content (AvgIpc) is 2.39. The number of nitriles is 1. The van der Waals surface area contributed by atoms with Crippen molar-refractivity contribution in [2.75, 3.05) is 26.7 Å². The molecule has 4 nitrogen and oxygen atoms in total. The molecule has 1 N–H and O–H groups in total. The molecule has 3 atom stereocenters. The van der Waals surface area contributed by atoms with Crippen molar-refractivity contribution in [3.8, 4) is 6.07 Å². The van der Waals surface area contributed by atoms with Crippen molar-refractivity contribution < 1.29 is 4.74 Å². The number of methoxy groups -OCH3 is 1. The zero-order valence-corrected chi connectivity index (χ0v) is 12.2. The van der Waals surface area contributed by atoms with Crippen LogP contribution < -0.4 is 5.32 Å². The van der Waals surface area contributed by atoms with Gasteiger partial charge in [-0.1, -0.05) is 6.92 Å². The topological polar surface area (TPSA) is 48.3 Å². The van der Waals surface area contributed by atoms with E-state index in [9.17, 15) is 5.26 Å². The molecule has 0 aliphatic carbocycles. The highest BCUT2D eigenvalue weighted by molar-refractivity contribution is 5.05. The van der Waals surface area contributed by atoms with E-state index in [0.29, 0.717) is 12.1 Å². The van der Waals surface area contributed by atoms with Gasteiger partial charge in [-0.3, -0.25) is 10.2 Å². The zero-order chi connectivity index (χ0) is 13.6. The monoisotopic (exact) mass is 253 g/mol. The Morgan fingerprint density at radius 2 is 2.33 bits per heavy atom. The molecule has 1 aliphatic heterocycles. The van der Waals surface area contributed by atoms with E-state index in [1.165, 1.54) is 6.42 Å². The van der Waals surface area contributed by atoms with Gasteiger partial charge >= 0.3 is 0 Å². The van der Waals surface area contributed by atoms with Crippen LogP contribution in [0.3, 0.4) is 0 Å². The second-order valence-corrected chi connectivity index (χ2v) is 5.52. The van der Waals surface area contributed by atoms with Crippen molar-refractivity contribution >= 4 is 0 Å². The third-order valence-corrected chi connectivity index (χ3v) is 3.88. The lowest BCUT2D eigenvalue weighted by atomic mass is 9.93. The largest absolute Gasteiger partial charge is 0.380 e. The molecule has 0 bridgehead atoms. The van der Waals surface area contributed by atoms with Gasteiger partial charge in [-0.05, 0) is 46.2 Å². The van der Waals surface area contributed by atoms with Gasteiger partial charge in [-0.15, -0.1) is 0 Å². The minimum Gasteiger partial charge on any atom is -0.380 e. The molecule has 1 saturated heterocycles. The van der Waals surface area contributed by atoms with Crippen molar-refractivity contribution in [1.82, 2.24) is 10.2 Å². The van der Waals surface area contributed by atoms with Gasteiger partial charge in [-0.25, -0.2) is 0 Å². The van der Waals surface area contributed by atoms with Gasteiger partial charge in [0.05, 0.1) is 12.2 Å². The summed E-state index contributed by atoms with van der Waals surface area (Å²) in [5, 5.41) is 12.6. The fourth-order valence-electron chi connectivity index (χ4n) is 2.83. The summed E-state index contributed by atoms with van der Waals surface area (Å²) in [7, 11) is 1.79. The first-order valence-electron chi connectivity index (χ1n) is 6.97. The van der Waals surface area contributed by atoms with Crippen LogP contribution in [0, 0.1) is 11.3 Å². The molecule has 1 aliphatic rings. The van der Waals surface area contributed by atoms with Crippen LogP contribution in [-0.2, 0) is 4.74 Å². The number of nitrogens with one attached hydrogen (secondary N) is 1. The Morgan fingerprint density at radius 1 is 1.61 bits per heavy atom. The van der Waals surface area contributed by atoms with Gasteiger partial charge < -0.3 is 4.74 Å². The van der Waals surface area contributed by atoms with E-state index in [2.05, 4.69) is 23.2 Å². The van der Waals surface area contributed by atoms with Crippen molar-refractivity contribution in [3.05, 3.63) is 0 Å². The molecule has 0 radical (unpaired) electrons. The lowest BCUT2D eigenvalue weighted by Crippen LogP contribution is -2.50. The van der Waals surface area contributed by atoms with Gasteiger partial charge in [0.25, 0.3) is 0 Å². The number of likely N-dealkylation sites (tertiary alicyclic amines) is 1. The molecule has 4 heteroatoms. The Morgan fingerprint density at radius 3 is 2.89 bits per heavy atom. The Balaban J connectivity index is 2.53. The molecule has 104 valence electrons. The number of rotatable bonds is 6. The highest BCUT2D eigenvalue weighted by atomic mass is 16.5. The maximum Gasteiger partial charge on any atom is 0.105 e. The van der Waals surface area contributed by atoms with E-state index in [-0.39, 0.29) is 0 Å². The highest BCUT2D eigenvalue weighted by Crippen LogP contribution is 2.20. The van der Waals surface area contributed by atoms with Crippen molar-refractivity contribution in [3.63, 3.8) is 0 Å². The standard InChI is InChI=1S/C14H27N3O/c1-5-16-14(3,11-15)9-12(2)17-8-6-7-13(10-17)18-4/h12-13,16H,5-10H2,1-4H3. The van der Waals surface area contributed by atoms with Gasteiger partial charge in [-0.2, -0.15) is 5.26 Å². The molecule has 0 aromatic carbocycles. The van der Waals surface area contributed by atoms with Crippen LogP contribution in [0.5, 0.6) is 0 Å². The molecule has 1 rings (SSSR count). The minimum atomic E-state index is -0.422. The second kappa shape index (κ2) is 7.08. The summed E-state index contributed by atoms with van der Waals surface area (Å²) in [5.74, 6) is 0. The summed E-state index contributed by atoms with van der Waals surface area (Å²) < 4.78 is 5.45. The number of piperidine rings is 1. The van der Waals surface area contributed by atoms with Crippen LogP contribution in [0.4, 0.5) is 0 Å². The molecule has 0 spiro atoms. The van der Waals surface area contributed by atoms with E-state index in [0.717, 1.165) is 32.5 Å². The summed E-state index contributed by atoms with van der Waals surface area (Å²) in [6, 6.07) is 2.81. The van der Waals surface area contributed by atoms with Gasteiger partial charge in [0.1, 0.15) is 5.54 Å². The van der Waals surface area contributed by atoms with E-state index < -0.39 is 5.54 Å². The lowest BCUT2D eigenvalue weighted by molar-refractivity contribution is 0.0132. The third-order valence-electron chi connectivity index (χ3n) is 3.88. The summed E-state index contributed by atoms with van der Waals surface area (Å²) >= 11 is 0. The first kappa shape index (κ1) is 15.4. The Labute approximate surface area is 111 Å². The quantitative estimate of drug-likeness (QED) is 0.783. The van der Waals surface area contributed by atoms with Crippen molar-refractivity contribution in [1.29, 1.82) is 5.26 Å². The van der Waals surface area contributed by atoms with E-state index >= 15 is 0 Å². The molecule has 1 fully saturated rings. The fourth-order valence-corrected chi connectivity index (χ4v) is 2.83. The smallest absolute Gasteiger partial charge is 0.105 e. The average molecular weight is 253 g/mol. The SMILES string of the molecule is CCNC(C)(C#N)CC(C)N1CCCC(OC)C1. The summed E-state index contributed by atoms with van der Waals surface area (Å²) in [6.07, 6.45) is 3.55. The molecule has 3 unspecified atom stereocenters. The van der Waals surface area contributed by atoms with Crippen molar-refractivity contribution in [2.24, 2.45) is 0 Å². The maximum atomic E-state index is 9.31. The Hall–Kier alpha value is -0.630. The third kappa shape index (κ3) is 4.24. The minimum absolute atomic E-state index is 0.355. The molecular weight excluding hydrogens is 226 g/mol. The molecule has 1 heterocycles. The highest BCUT2D eigenvalue weighted by Gasteiger charge is 2.30. The first-order valence-corrected chi connectivity index (χ1v) is 6.97. The van der Waals surface area contributed by atoms with E-state index in [1.807, 2.05) is 13.8 Å². The van der Waals surface area contributed by atoms with Crippen LogP contribution >= 0.6 is 0 Å². The number of hydrogen-bond acceptors (Lipinski definition) is 4.